The highest BCUT2D eigenvalue weighted by atomic mass is 16.2. The number of carbonyl (C=O) groups excluding carboxylic acids is 8. The molecule has 22 nitrogen and oxygen atoms in total. The average molecular weight is 1050 g/mol. The minimum Gasteiger partial charge on any atom is -0.370 e. The molecule has 0 bridgehead atoms. The second-order valence-electron chi connectivity index (χ2n) is 19.1. The number of hydrogen-bond acceptors (Lipinski definition) is 10. The first-order valence-corrected chi connectivity index (χ1v) is 26.1. The van der Waals surface area contributed by atoms with Crippen molar-refractivity contribution in [3.63, 3.8) is 0 Å². The third kappa shape index (κ3) is 17.7. The maximum atomic E-state index is 14.8. The molecule has 1 saturated heterocycles. The van der Waals surface area contributed by atoms with E-state index >= 15 is 0 Å². The quantitative estimate of drug-likeness (QED) is 0.0361. The molecule has 2 aromatic heterocycles. The SMILES string of the molecule is CCCC[C@H](NC(C)=O)C(=O)N[C@H]1CCC(=O)NCCCCNC(=O)C(Cc2c[nH]c3ccccc23)NC(=O)[C@H](CCCNC(=N)N)NC(=O)[C@@H](CCc2ccc3ccccc3c2)NC(=O)[C@H](Cc2c[nH]cn2)NC1=O. The van der Waals surface area contributed by atoms with Gasteiger partial charge in [-0.3, -0.25) is 43.8 Å². The van der Waals surface area contributed by atoms with Crippen molar-refractivity contribution in [2.75, 3.05) is 19.6 Å². The molecule has 0 aliphatic carbocycles. The fourth-order valence-electron chi connectivity index (χ4n) is 9.05. The summed E-state index contributed by atoms with van der Waals surface area (Å²) in [5.41, 5.74) is 8.40. The molecule has 0 radical (unpaired) electrons. The van der Waals surface area contributed by atoms with Crippen molar-refractivity contribution in [1.82, 2.24) is 62.8 Å². The summed E-state index contributed by atoms with van der Waals surface area (Å²) in [6.45, 7) is 3.82. The van der Waals surface area contributed by atoms with E-state index in [2.05, 4.69) is 62.8 Å². The summed E-state index contributed by atoms with van der Waals surface area (Å²) in [5.74, 6) is -5.29. The van der Waals surface area contributed by atoms with Crippen LogP contribution in [-0.4, -0.2) is 124 Å². The van der Waals surface area contributed by atoms with Crippen molar-refractivity contribution >= 4 is 74.9 Å². The van der Waals surface area contributed by atoms with Gasteiger partial charge in [0.25, 0.3) is 0 Å². The van der Waals surface area contributed by atoms with Gasteiger partial charge in [-0.05, 0) is 79.3 Å². The van der Waals surface area contributed by atoms with E-state index in [0.29, 0.717) is 25.0 Å². The Morgan fingerprint density at radius 3 is 2.16 bits per heavy atom. The molecule has 22 heteroatoms. The lowest BCUT2D eigenvalue weighted by Gasteiger charge is -2.28. The molecule has 76 heavy (non-hydrogen) atoms. The van der Waals surface area contributed by atoms with Crippen LogP contribution in [0.3, 0.4) is 0 Å². The number of amides is 8. The van der Waals surface area contributed by atoms with Crippen LogP contribution in [0.2, 0.25) is 0 Å². The number of fused-ring (bicyclic) bond motifs is 2. The molecule has 1 aliphatic heterocycles. The second-order valence-corrected chi connectivity index (χ2v) is 19.1. The van der Waals surface area contributed by atoms with Crippen molar-refractivity contribution in [3.8, 4) is 0 Å². The molecular weight excluding hydrogens is 973 g/mol. The van der Waals surface area contributed by atoms with E-state index in [-0.39, 0.29) is 83.4 Å². The summed E-state index contributed by atoms with van der Waals surface area (Å²) < 4.78 is 0. The number of carbonyl (C=O) groups is 8. The summed E-state index contributed by atoms with van der Waals surface area (Å²) >= 11 is 0. The molecule has 3 heterocycles. The minimum atomic E-state index is -1.40. The summed E-state index contributed by atoms with van der Waals surface area (Å²) in [6, 6.07) is 13.8. The third-order valence-corrected chi connectivity index (χ3v) is 13.2. The number of hydrogen-bond donors (Lipinski definition) is 13. The third-order valence-electron chi connectivity index (χ3n) is 13.2. The molecular formula is C54H72N14O8. The van der Waals surface area contributed by atoms with Gasteiger partial charge in [-0.25, -0.2) is 4.98 Å². The van der Waals surface area contributed by atoms with Gasteiger partial charge in [-0.2, -0.15) is 0 Å². The van der Waals surface area contributed by atoms with Crippen molar-refractivity contribution in [1.29, 1.82) is 5.41 Å². The molecule has 8 amide bonds. The van der Waals surface area contributed by atoms with Gasteiger partial charge in [0.05, 0.1) is 12.0 Å². The van der Waals surface area contributed by atoms with E-state index in [1.54, 1.807) is 12.4 Å². The molecule has 0 saturated carbocycles. The highest BCUT2D eigenvalue weighted by Crippen LogP contribution is 2.21. The van der Waals surface area contributed by atoms with Crippen LogP contribution in [0.5, 0.6) is 0 Å². The zero-order chi connectivity index (χ0) is 54.4. The van der Waals surface area contributed by atoms with E-state index in [9.17, 15) is 38.4 Å². The number of H-pyrrole nitrogens is 2. The van der Waals surface area contributed by atoms with Gasteiger partial charge in [-0.1, -0.05) is 80.4 Å². The van der Waals surface area contributed by atoms with Crippen LogP contribution in [0.25, 0.3) is 21.7 Å². The van der Waals surface area contributed by atoms with Crippen LogP contribution < -0.4 is 53.6 Å². The Labute approximate surface area is 441 Å². The Hall–Kier alpha value is -8.30. The standard InChI is InChI=1S/C54H72N14O8/c1-3-4-15-41(63-33(2)69)49(72)65-44-22-23-47(70)58-24-9-10-25-59-48(71)45(28-37-30-61-40-16-8-7-14-39(37)40)67-50(73)42(17-11-26-60-54(55)56)64-51(74)43(21-19-34-18-20-35-12-5-6-13-36(35)27-34)66-53(76)46(68-52(44)75)29-38-31-57-32-62-38/h5-8,12-14,16,18,20,27,30-32,41-46,61H,3-4,9-11,15,17,19,21-26,28-29H2,1-2H3,(H,57,62)(H,58,70)(H,59,71)(H,63,69)(H,64,74)(H,65,72)(H,66,76)(H,67,73)(H,68,75)(H4,55,56,60)/t41-,42-,43+,44-,45?,46-/m0/s1. The number of nitrogens with two attached hydrogens (primary N) is 1. The summed E-state index contributed by atoms with van der Waals surface area (Å²) in [4.78, 5) is 122. The first kappa shape index (κ1) is 57.0. The number of guanidine groups is 1. The fourth-order valence-corrected chi connectivity index (χ4v) is 9.05. The Bertz CT molecular complexity index is 2800. The smallest absolute Gasteiger partial charge is 0.243 e. The average Bonchev–Trinajstić information content (AvgIpc) is 4.08. The van der Waals surface area contributed by atoms with E-state index in [4.69, 9.17) is 11.1 Å². The van der Waals surface area contributed by atoms with Crippen LogP contribution in [0, 0.1) is 5.41 Å². The van der Waals surface area contributed by atoms with Gasteiger partial charge in [0.1, 0.15) is 36.3 Å². The Morgan fingerprint density at radius 2 is 1.43 bits per heavy atom. The van der Waals surface area contributed by atoms with Crippen molar-refractivity contribution in [2.24, 2.45) is 5.73 Å². The molecule has 406 valence electrons. The highest BCUT2D eigenvalue weighted by molar-refractivity contribution is 5.98. The lowest BCUT2D eigenvalue weighted by molar-refractivity contribution is -0.135. The van der Waals surface area contributed by atoms with Crippen LogP contribution in [-0.2, 0) is 57.6 Å². The minimum absolute atomic E-state index is 0.0287. The Morgan fingerprint density at radius 1 is 0.763 bits per heavy atom. The van der Waals surface area contributed by atoms with Crippen LogP contribution in [0.1, 0.15) is 94.9 Å². The zero-order valence-corrected chi connectivity index (χ0v) is 43.2. The van der Waals surface area contributed by atoms with Gasteiger partial charge in [0, 0.05) is 69.1 Å². The van der Waals surface area contributed by atoms with E-state index < -0.39 is 83.5 Å². The predicted molar refractivity (Wildman–Crippen MR) is 287 cm³/mol. The van der Waals surface area contributed by atoms with Gasteiger partial charge in [0.2, 0.25) is 47.3 Å². The van der Waals surface area contributed by atoms with Crippen molar-refractivity contribution in [3.05, 3.63) is 102 Å². The van der Waals surface area contributed by atoms with E-state index in [1.165, 1.54) is 13.3 Å². The number of para-hydroxylation sites is 1. The van der Waals surface area contributed by atoms with Gasteiger partial charge < -0.3 is 63.6 Å². The molecule has 0 spiro atoms. The second kappa shape index (κ2) is 29.0. The zero-order valence-electron chi connectivity index (χ0n) is 43.2. The molecule has 1 aliphatic rings. The van der Waals surface area contributed by atoms with Crippen molar-refractivity contribution < 1.29 is 38.4 Å². The molecule has 5 aromatic rings. The van der Waals surface area contributed by atoms with E-state index in [0.717, 1.165) is 39.2 Å². The predicted octanol–water partition coefficient (Wildman–Crippen LogP) is 1.65. The molecule has 6 atom stereocenters. The van der Waals surface area contributed by atoms with Crippen LogP contribution >= 0.6 is 0 Å². The molecule has 14 N–H and O–H groups in total. The molecule has 1 fully saturated rings. The summed E-state index contributed by atoms with van der Waals surface area (Å²) in [6.07, 6.45) is 7.36. The molecule has 6 rings (SSSR count). The number of unbranched alkanes of at least 4 members (excludes halogenated alkanes) is 1. The number of aromatic amines is 2. The fraction of sp³-hybridized carbons (Fsp3) is 0.444. The molecule has 3 aromatic carbocycles. The normalized spacial score (nSPS) is 20.2. The van der Waals surface area contributed by atoms with Crippen LogP contribution in [0.4, 0.5) is 0 Å². The van der Waals surface area contributed by atoms with E-state index in [1.807, 2.05) is 73.7 Å². The number of imidazole rings is 1. The first-order chi connectivity index (χ1) is 36.7. The number of rotatable bonds is 17. The topological polar surface area (TPSA) is 339 Å². The van der Waals surface area contributed by atoms with Gasteiger partial charge in [-0.15, -0.1) is 0 Å². The Kier molecular flexibility index (Phi) is 21.7. The number of nitrogens with zero attached hydrogens (tertiary/aromatic N) is 1. The lowest BCUT2D eigenvalue weighted by atomic mass is 9.99. The maximum absolute atomic E-state index is 14.8. The Balaban J connectivity index is 1.35. The summed E-state index contributed by atoms with van der Waals surface area (Å²) in [5, 5.41) is 35.7. The van der Waals surface area contributed by atoms with Crippen molar-refractivity contribution in [2.45, 2.75) is 134 Å². The number of aryl methyl sites for hydroxylation is 1. The number of aromatic nitrogens is 3. The number of nitrogens with one attached hydrogen (secondary N) is 12. The maximum Gasteiger partial charge on any atom is 0.243 e. The monoisotopic (exact) mass is 1040 g/mol. The molecule has 1 unspecified atom stereocenters. The van der Waals surface area contributed by atoms with Gasteiger partial charge in [0.15, 0.2) is 5.96 Å². The first-order valence-electron chi connectivity index (χ1n) is 26.1. The summed E-state index contributed by atoms with van der Waals surface area (Å²) in [7, 11) is 0. The highest BCUT2D eigenvalue weighted by Gasteiger charge is 2.34. The van der Waals surface area contributed by atoms with Crippen LogP contribution in [0.15, 0.2) is 85.5 Å². The van der Waals surface area contributed by atoms with Gasteiger partial charge >= 0.3 is 0 Å². The number of benzene rings is 3. The largest absolute Gasteiger partial charge is 0.370 e. The lowest BCUT2D eigenvalue weighted by Crippen LogP contribution is -2.60.